The van der Waals surface area contributed by atoms with Gasteiger partial charge in [-0.1, -0.05) is 54.4 Å². The van der Waals surface area contributed by atoms with Crippen molar-refractivity contribution in [2.24, 2.45) is 64.1 Å². The van der Waals surface area contributed by atoms with Crippen LogP contribution in [0.3, 0.4) is 0 Å². The normalized spacial score (nSPS) is 44.7. The molecule has 0 unspecified atom stereocenters. The van der Waals surface area contributed by atoms with Crippen molar-refractivity contribution in [1.29, 1.82) is 0 Å². The van der Waals surface area contributed by atoms with Gasteiger partial charge >= 0.3 is 6.09 Å². The van der Waals surface area contributed by atoms with Crippen LogP contribution in [-0.4, -0.2) is 36.7 Å². The van der Waals surface area contributed by atoms with Crippen molar-refractivity contribution in [3.05, 3.63) is 18.7 Å². The van der Waals surface area contributed by atoms with E-state index in [9.17, 15) is 4.79 Å². The van der Waals surface area contributed by atoms with Crippen LogP contribution in [0.5, 0.6) is 0 Å². The van der Waals surface area contributed by atoms with Crippen molar-refractivity contribution in [3.63, 3.8) is 0 Å². The zero-order valence-electron chi connectivity index (χ0n) is 26.3. The summed E-state index contributed by atoms with van der Waals surface area (Å²) >= 11 is 0. The van der Waals surface area contributed by atoms with Crippen LogP contribution in [-0.2, 0) is 9.16 Å². The van der Waals surface area contributed by atoms with Crippen LogP contribution in [0.4, 0.5) is 4.79 Å². The summed E-state index contributed by atoms with van der Waals surface area (Å²) in [5.74, 6) is 6.00. The molecule has 4 aliphatic rings. The Morgan fingerprint density at radius 1 is 1.10 bits per heavy atom. The second-order valence-corrected chi connectivity index (χ2v) is 20.2. The van der Waals surface area contributed by atoms with Gasteiger partial charge in [0.1, 0.15) is 6.33 Å². The van der Waals surface area contributed by atoms with Gasteiger partial charge in [0.25, 0.3) is 0 Å². The van der Waals surface area contributed by atoms with E-state index in [1.807, 2.05) is 0 Å². The minimum absolute atomic E-state index is 0.256. The molecule has 0 spiro atoms. The largest absolute Gasteiger partial charge is 0.449 e. The number of imidazole rings is 1. The van der Waals surface area contributed by atoms with Crippen molar-refractivity contribution < 1.29 is 14.0 Å². The molecular formula is C33H56N2O3Si. The van der Waals surface area contributed by atoms with Crippen LogP contribution in [0.15, 0.2) is 18.7 Å². The first-order valence-electron chi connectivity index (χ1n) is 16.1. The number of ether oxygens (including phenoxy) is 1. The smallest absolute Gasteiger partial charge is 0.419 e. The molecule has 5 nitrogen and oxygen atoms in total. The summed E-state index contributed by atoms with van der Waals surface area (Å²) in [6.45, 7) is 22.9. The van der Waals surface area contributed by atoms with E-state index >= 15 is 0 Å². The van der Waals surface area contributed by atoms with Gasteiger partial charge < -0.3 is 9.16 Å². The average molecular weight is 557 g/mol. The summed E-state index contributed by atoms with van der Waals surface area (Å²) in [6.07, 6.45) is 14.2. The van der Waals surface area contributed by atoms with Crippen molar-refractivity contribution >= 4 is 14.4 Å². The van der Waals surface area contributed by atoms with Gasteiger partial charge in [-0.15, -0.1) is 0 Å². The lowest BCUT2D eigenvalue weighted by molar-refractivity contribution is -0.207. The van der Waals surface area contributed by atoms with E-state index in [2.05, 4.69) is 66.2 Å². The summed E-state index contributed by atoms with van der Waals surface area (Å²) in [5.41, 5.74) is 0.698. The molecule has 0 saturated heterocycles. The Kier molecular flexibility index (Phi) is 7.98. The van der Waals surface area contributed by atoms with Gasteiger partial charge in [0.2, 0.25) is 0 Å². The van der Waals surface area contributed by atoms with Crippen LogP contribution in [0.1, 0.15) is 86.5 Å². The molecular weight excluding hydrogens is 500 g/mol. The van der Waals surface area contributed by atoms with Crippen molar-refractivity contribution in [2.75, 3.05) is 6.61 Å². The number of fused-ring (bicyclic) bond motifs is 5. The number of rotatable bonds is 6. The second-order valence-electron chi connectivity index (χ2n) is 15.8. The van der Waals surface area contributed by atoms with Gasteiger partial charge in [-0.3, -0.25) is 0 Å². The Bertz CT molecular complexity index is 1010. The van der Waals surface area contributed by atoms with E-state index in [4.69, 9.17) is 9.16 Å². The first kappa shape index (κ1) is 29.4. The van der Waals surface area contributed by atoms with Gasteiger partial charge in [0, 0.05) is 12.4 Å². The molecule has 1 heterocycles. The van der Waals surface area contributed by atoms with Crippen LogP contribution in [0, 0.1) is 64.1 Å². The molecule has 4 aliphatic carbocycles. The number of hydrogen-bond acceptors (Lipinski definition) is 4. The maximum atomic E-state index is 12.6. The van der Waals surface area contributed by atoms with Crippen LogP contribution >= 0.6 is 0 Å². The maximum Gasteiger partial charge on any atom is 0.419 e. The molecule has 6 heteroatoms. The third kappa shape index (κ3) is 4.98. The molecule has 4 saturated carbocycles. The zero-order valence-corrected chi connectivity index (χ0v) is 27.3. The predicted octanol–water partition coefficient (Wildman–Crippen LogP) is 8.51. The number of aromatic nitrogens is 2. The van der Waals surface area contributed by atoms with E-state index in [1.165, 1.54) is 55.8 Å². The fraction of sp³-hybridized carbons (Fsp3) is 0.879. The highest BCUT2D eigenvalue weighted by Crippen LogP contribution is 2.71. The topological polar surface area (TPSA) is 53.4 Å². The summed E-state index contributed by atoms with van der Waals surface area (Å²) in [5, 5.41) is 0. The van der Waals surface area contributed by atoms with E-state index in [0.29, 0.717) is 53.6 Å². The summed E-state index contributed by atoms with van der Waals surface area (Å²) in [6, 6.07) is 0. The monoisotopic (exact) mass is 556 g/mol. The molecule has 1 aromatic rings. The van der Waals surface area contributed by atoms with Gasteiger partial charge in [-0.05, 0) is 116 Å². The molecule has 0 amide bonds. The summed E-state index contributed by atoms with van der Waals surface area (Å²) in [7, 11) is -1.72. The van der Waals surface area contributed by atoms with E-state index in [-0.39, 0.29) is 11.5 Å². The Morgan fingerprint density at radius 3 is 2.49 bits per heavy atom. The van der Waals surface area contributed by atoms with E-state index < -0.39 is 8.32 Å². The standard InChI is InChI=1S/C33H56N2O3Si/c1-10-24-27-17-21(2)13-14-32(27,5)28-18-23(4)33(6)25(22(3)19-37-31(36)35-16-15-34-20-35)11-12-26(33)29(28)30(24)38-39(7,8)9/h15-16,20-30H,10-14,17-19H2,1-9H3/t21-,22-,23+,24-,25-,26+,27+,28+,29+,30-,32+,33-/m1/s1. The molecule has 0 N–H and O–H groups in total. The molecule has 0 aliphatic heterocycles. The SMILES string of the molecule is CC[C@H]1[C@@H](O[Si](C)(C)C)[C@@H]2[C@H](C[C@H](C)[C@]3(C)[C@@H]([C@H](C)COC(=O)n4ccnc4)CC[C@@H]23)[C@@]2(C)CC[C@@H](C)C[C@@H]12. The van der Waals surface area contributed by atoms with Gasteiger partial charge in [-0.25, -0.2) is 14.3 Å². The predicted molar refractivity (Wildman–Crippen MR) is 160 cm³/mol. The third-order valence-electron chi connectivity index (χ3n) is 12.7. The number of hydrogen-bond donors (Lipinski definition) is 0. The number of carbonyl (C=O) groups excluding carboxylic acids is 1. The maximum absolute atomic E-state index is 12.6. The molecule has 12 atom stereocenters. The first-order chi connectivity index (χ1) is 18.3. The Balaban J connectivity index is 1.45. The van der Waals surface area contributed by atoms with Crippen LogP contribution in [0.2, 0.25) is 19.6 Å². The number of nitrogens with zero attached hydrogens (tertiary/aromatic N) is 2. The molecule has 1 aromatic heterocycles. The third-order valence-corrected chi connectivity index (χ3v) is 13.6. The highest BCUT2D eigenvalue weighted by atomic mass is 28.4. The average Bonchev–Trinajstić information content (AvgIpc) is 3.52. The molecule has 4 fully saturated rings. The van der Waals surface area contributed by atoms with Crippen molar-refractivity contribution in [3.8, 4) is 0 Å². The molecule has 220 valence electrons. The molecule has 0 bridgehead atoms. The summed E-state index contributed by atoms with van der Waals surface area (Å²) in [4.78, 5) is 16.6. The van der Waals surface area contributed by atoms with Crippen LogP contribution in [0.25, 0.3) is 0 Å². The fourth-order valence-corrected chi connectivity index (χ4v) is 11.9. The fourth-order valence-electron chi connectivity index (χ4n) is 10.8. The highest BCUT2D eigenvalue weighted by molar-refractivity contribution is 6.69. The minimum Gasteiger partial charge on any atom is -0.449 e. The molecule has 0 radical (unpaired) electrons. The lowest BCUT2D eigenvalue weighted by Crippen LogP contribution is -2.64. The Labute approximate surface area is 239 Å². The Hall–Kier alpha value is -1.14. The van der Waals surface area contributed by atoms with E-state index in [1.54, 1.807) is 12.4 Å². The molecule has 39 heavy (non-hydrogen) atoms. The molecule has 0 aromatic carbocycles. The lowest BCUT2D eigenvalue weighted by Gasteiger charge is -2.67. The van der Waals surface area contributed by atoms with Crippen molar-refractivity contribution in [2.45, 2.75) is 112 Å². The molecule has 5 rings (SSSR count). The summed E-state index contributed by atoms with van der Waals surface area (Å²) < 4.78 is 14.6. The minimum atomic E-state index is -1.72. The quantitative estimate of drug-likeness (QED) is 0.330. The second kappa shape index (κ2) is 10.6. The zero-order chi connectivity index (χ0) is 28.3. The van der Waals surface area contributed by atoms with Gasteiger partial charge in [0.05, 0.1) is 12.7 Å². The number of carbonyl (C=O) groups is 1. The van der Waals surface area contributed by atoms with Crippen molar-refractivity contribution in [1.82, 2.24) is 9.55 Å². The highest BCUT2D eigenvalue weighted by Gasteiger charge is 2.67. The lowest BCUT2D eigenvalue weighted by atomic mass is 9.39. The first-order valence-corrected chi connectivity index (χ1v) is 19.5. The van der Waals surface area contributed by atoms with E-state index in [0.717, 1.165) is 17.8 Å². The van der Waals surface area contributed by atoms with Crippen LogP contribution < -0.4 is 0 Å². The van der Waals surface area contributed by atoms with Gasteiger partial charge in [-0.2, -0.15) is 0 Å². The van der Waals surface area contributed by atoms with Gasteiger partial charge in [0.15, 0.2) is 8.32 Å². The Morgan fingerprint density at radius 2 is 1.85 bits per heavy atom.